The molecule has 0 amide bonds. The number of nitrogens with two attached hydrogens (primary N) is 1. The van der Waals surface area contributed by atoms with Crippen LogP contribution in [0, 0.1) is 0 Å². The van der Waals surface area contributed by atoms with Gasteiger partial charge in [0.2, 0.25) is 0 Å². The molecule has 1 aliphatic rings. The van der Waals surface area contributed by atoms with E-state index in [4.69, 9.17) is 5.73 Å². The minimum absolute atomic E-state index is 0.350. The first-order valence-electron chi connectivity index (χ1n) is 5.82. The third-order valence-corrected chi connectivity index (χ3v) is 3.30. The summed E-state index contributed by atoms with van der Waals surface area (Å²) in [5.41, 5.74) is 8.84. The van der Waals surface area contributed by atoms with Gasteiger partial charge in [0.05, 0.1) is 6.33 Å². The van der Waals surface area contributed by atoms with Crippen molar-refractivity contribution >= 4 is 11.2 Å². The van der Waals surface area contributed by atoms with Crippen molar-refractivity contribution in [2.75, 3.05) is 6.54 Å². The van der Waals surface area contributed by atoms with Gasteiger partial charge in [0, 0.05) is 12.2 Å². The fourth-order valence-electron chi connectivity index (χ4n) is 1.96. The molecule has 0 radical (unpaired) electrons. The Hall–Kier alpha value is -1.42. The van der Waals surface area contributed by atoms with Gasteiger partial charge < -0.3 is 10.3 Å². The summed E-state index contributed by atoms with van der Waals surface area (Å²) in [5, 5.41) is 0. The van der Waals surface area contributed by atoms with Gasteiger partial charge in [0.15, 0.2) is 5.65 Å². The highest BCUT2D eigenvalue weighted by Gasteiger charge is 2.25. The van der Waals surface area contributed by atoms with E-state index in [0.29, 0.717) is 18.5 Å². The number of hydrogen-bond acceptors (Lipinski definition) is 3. The first kappa shape index (κ1) is 9.78. The van der Waals surface area contributed by atoms with E-state index in [2.05, 4.69) is 27.5 Å². The lowest BCUT2D eigenvalue weighted by Crippen LogP contribution is -2.09. The van der Waals surface area contributed by atoms with Crippen molar-refractivity contribution in [2.45, 2.75) is 31.7 Å². The first-order chi connectivity index (χ1) is 7.79. The summed E-state index contributed by atoms with van der Waals surface area (Å²) < 4.78 is 2.19. The maximum atomic E-state index is 5.66. The molecular formula is C12H16N4. The first-order valence-corrected chi connectivity index (χ1v) is 5.82. The molecule has 4 heteroatoms. The van der Waals surface area contributed by atoms with E-state index in [1.54, 1.807) is 0 Å². The third-order valence-electron chi connectivity index (χ3n) is 3.30. The van der Waals surface area contributed by atoms with Crippen LogP contribution in [-0.2, 0) is 0 Å². The highest BCUT2D eigenvalue weighted by molar-refractivity contribution is 5.71. The molecule has 0 saturated heterocycles. The van der Waals surface area contributed by atoms with Crippen LogP contribution in [0.1, 0.15) is 37.3 Å². The molecule has 0 bridgehead atoms. The van der Waals surface area contributed by atoms with Crippen LogP contribution in [0.25, 0.3) is 11.2 Å². The Kier molecular flexibility index (Phi) is 2.17. The quantitative estimate of drug-likeness (QED) is 0.851. The van der Waals surface area contributed by atoms with Gasteiger partial charge in [-0.1, -0.05) is 6.92 Å². The Balaban J connectivity index is 2.05. The van der Waals surface area contributed by atoms with Crippen LogP contribution in [0.15, 0.2) is 18.6 Å². The van der Waals surface area contributed by atoms with Crippen molar-refractivity contribution in [1.29, 1.82) is 0 Å². The summed E-state index contributed by atoms with van der Waals surface area (Å²) in [6.07, 6.45) is 6.36. The topological polar surface area (TPSA) is 56.7 Å². The van der Waals surface area contributed by atoms with Crippen LogP contribution in [0.4, 0.5) is 0 Å². The zero-order chi connectivity index (χ0) is 11.1. The summed E-state index contributed by atoms with van der Waals surface area (Å²) in [7, 11) is 0. The van der Waals surface area contributed by atoms with Crippen molar-refractivity contribution < 1.29 is 0 Å². The van der Waals surface area contributed by atoms with Crippen molar-refractivity contribution in [3.8, 4) is 0 Å². The molecule has 4 nitrogen and oxygen atoms in total. The molecule has 16 heavy (non-hydrogen) atoms. The van der Waals surface area contributed by atoms with Gasteiger partial charge in [-0.15, -0.1) is 0 Å². The largest absolute Gasteiger partial charge is 0.330 e. The zero-order valence-corrected chi connectivity index (χ0v) is 9.43. The molecule has 1 atom stereocenters. The molecule has 2 heterocycles. The van der Waals surface area contributed by atoms with Crippen LogP contribution in [0.5, 0.6) is 0 Å². The number of pyridine rings is 1. The molecule has 1 aliphatic carbocycles. The SMILES string of the molecule is CC(CN)c1cnc2c(c1)ncn2C1CC1. The molecular weight excluding hydrogens is 200 g/mol. The third kappa shape index (κ3) is 1.50. The highest BCUT2D eigenvalue weighted by atomic mass is 15.1. The molecule has 2 N–H and O–H groups in total. The lowest BCUT2D eigenvalue weighted by Gasteiger charge is -2.08. The van der Waals surface area contributed by atoms with Crippen LogP contribution in [0.3, 0.4) is 0 Å². The predicted octanol–water partition coefficient (Wildman–Crippen LogP) is 1.83. The van der Waals surface area contributed by atoms with E-state index >= 15 is 0 Å². The second kappa shape index (κ2) is 3.56. The second-order valence-electron chi connectivity index (χ2n) is 4.63. The molecule has 3 rings (SSSR count). The number of aromatic nitrogens is 3. The molecule has 2 aromatic rings. The van der Waals surface area contributed by atoms with E-state index < -0.39 is 0 Å². The highest BCUT2D eigenvalue weighted by Crippen LogP contribution is 2.36. The minimum Gasteiger partial charge on any atom is -0.330 e. The van der Waals surface area contributed by atoms with Crippen molar-refractivity contribution in [1.82, 2.24) is 14.5 Å². The molecule has 1 fully saturated rings. The zero-order valence-electron chi connectivity index (χ0n) is 9.43. The molecule has 0 aromatic carbocycles. The van der Waals surface area contributed by atoms with Gasteiger partial charge in [0.25, 0.3) is 0 Å². The average Bonchev–Trinajstić information content (AvgIpc) is 3.08. The summed E-state index contributed by atoms with van der Waals surface area (Å²) in [6, 6.07) is 2.74. The van der Waals surface area contributed by atoms with Crippen LogP contribution >= 0.6 is 0 Å². The van der Waals surface area contributed by atoms with Gasteiger partial charge in [-0.2, -0.15) is 0 Å². The Morgan fingerprint density at radius 1 is 1.50 bits per heavy atom. The summed E-state index contributed by atoms with van der Waals surface area (Å²) in [6.45, 7) is 2.76. The Morgan fingerprint density at radius 3 is 3.00 bits per heavy atom. The summed E-state index contributed by atoms with van der Waals surface area (Å²) in [4.78, 5) is 8.93. The van der Waals surface area contributed by atoms with Crippen LogP contribution in [0.2, 0.25) is 0 Å². The Bertz CT molecular complexity index is 513. The monoisotopic (exact) mass is 216 g/mol. The van der Waals surface area contributed by atoms with E-state index in [1.165, 1.54) is 18.4 Å². The number of imidazole rings is 1. The lowest BCUT2D eigenvalue weighted by molar-refractivity contribution is 0.752. The van der Waals surface area contributed by atoms with Gasteiger partial charge in [-0.05, 0) is 36.9 Å². The van der Waals surface area contributed by atoms with Crippen LogP contribution in [-0.4, -0.2) is 21.1 Å². The van der Waals surface area contributed by atoms with E-state index in [-0.39, 0.29) is 0 Å². The van der Waals surface area contributed by atoms with Gasteiger partial charge in [-0.3, -0.25) is 0 Å². The average molecular weight is 216 g/mol. The van der Waals surface area contributed by atoms with Crippen LogP contribution < -0.4 is 5.73 Å². The summed E-state index contributed by atoms with van der Waals surface area (Å²) in [5.74, 6) is 0.350. The maximum absolute atomic E-state index is 5.66. The fraction of sp³-hybridized carbons (Fsp3) is 0.500. The fourth-order valence-corrected chi connectivity index (χ4v) is 1.96. The predicted molar refractivity (Wildman–Crippen MR) is 63.3 cm³/mol. The molecule has 0 spiro atoms. The lowest BCUT2D eigenvalue weighted by atomic mass is 10.0. The minimum atomic E-state index is 0.350. The Labute approximate surface area is 94.5 Å². The molecule has 2 aromatic heterocycles. The smallest absolute Gasteiger partial charge is 0.160 e. The van der Waals surface area contributed by atoms with E-state index in [9.17, 15) is 0 Å². The summed E-state index contributed by atoms with van der Waals surface area (Å²) >= 11 is 0. The Morgan fingerprint density at radius 2 is 2.31 bits per heavy atom. The second-order valence-corrected chi connectivity index (χ2v) is 4.63. The van der Waals surface area contributed by atoms with Crippen molar-refractivity contribution in [2.24, 2.45) is 5.73 Å². The number of hydrogen-bond donors (Lipinski definition) is 1. The molecule has 0 aliphatic heterocycles. The maximum Gasteiger partial charge on any atom is 0.160 e. The van der Waals surface area contributed by atoms with Crippen molar-refractivity contribution in [3.63, 3.8) is 0 Å². The van der Waals surface area contributed by atoms with Gasteiger partial charge >= 0.3 is 0 Å². The molecule has 1 saturated carbocycles. The number of rotatable bonds is 3. The van der Waals surface area contributed by atoms with E-state index in [0.717, 1.165) is 11.2 Å². The number of fused-ring (bicyclic) bond motifs is 1. The van der Waals surface area contributed by atoms with Gasteiger partial charge in [0.1, 0.15) is 5.52 Å². The number of nitrogens with zero attached hydrogens (tertiary/aromatic N) is 3. The van der Waals surface area contributed by atoms with Crippen molar-refractivity contribution in [3.05, 3.63) is 24.2 Å². The normalized spacial score (nSPS) is 17.9. The molecule has 1 unspecified atom stereocenters. The van der Waals surface area contributed by atoms with E-state index in [1.807, 2.05) is 12.5 Å². The molecule has 84 valence electrons. The standard InChI is InChI=1S/C12H16N4/c1-8(5-13)9-4-11-12(14-6-9)16(7-15-11)10-2-3-10/h4,6-8,10H,2-3,5,13H2,1H3. The van der Waals surface area contributed by atoms with Gasteiger partial charge in [-0.25, -0.2) is 9.97 Å².